The highest BCUT2D eigenvalue weighted by molar-refractivity contribution is 6.26. The van der Waals surface area contributed by atoms with E-state index in [1.807, 2.05) is 0 Å². The number of para-hydroxylation sites is 1. The van der Waals surface area contributed by atoms with Crippen LogP contribution in [0.15, 0.2) is 199 Å². The van der Waals surface area contributed by atoms with E-state index in [1.165, 1.54) is 93.5 Å². The second kappa shape index (κ2) is 10.9. The first-order chi connectivity index (χ1) is 27.8. The van der Waals surface area contributed by atoms with Crippen molar-refractivity contribution in [3.05, 3.63) is 216 Å². The fourth-order valence-electron chi connectivity index (χ4n) is 10.7. The molecule has 13 rings (SSSR count). The van der Waals surface area contributed by atoms with Gasteiger partial charge in [0.25, 0.3) is 0 Å². The van der Waals surface area contributed by atoms with Crippen LogP contribution in [0.2, 0.25) is 0 Å². The van der Waals surface area contributed by atoms with E-state index in [2.05, 4.69) is 194 Å². The maximum atomic E-state index is 7.21. The molecule has 0 unspecified atom stereocenters. The maximum absolute atomic E-state index is 7.21. The molecule has 0 fully saturated rings. The average molecular weight is 709 g/mol. The van der Waals surface area contributed by atoms with Gasteiger partial charge < -0.3 is 4.42 Å². The zero-order valence-corrected chi connectivity index (χ0v) is 30.4. The topological polar surface area (TPSA) is 13.1 Å². The highest BCUT2D eigenvalue weighted by atomic mass is 16.3. The molecule has 1 spiro atoms. The van der Waals surface area contributed by atoms with E-state index < -0.39 is 5.41 Å². The van der Waals surface area contributed by atoms with Gasteiger partial charge in [-0.15, -0.1) is 0 Å². The fraction of sp³-hybridized carbons (Fsp3) is 0.0182. The van der Waals surface area contributed by atoms with E-state index in [4.69, 9.17) is 4.42 Å². The van der Waals surface area contributed by atoms with E-state index in [9.17, 15) is 0 Å². The number of hydrogen-bond donors (Lipinski definition) is 0. The molecule has 56 heavy (non-hydrogen) atoms. The first kappa shape index (κ1) is 30.1. The Morgan fingerprint density at radius 1 is 0.286 bits per heavy atom. The van der Waals surface area contributed by atoms with Gasteiger partial charge in [-0.1, -0.05) is 182 Å². The van der Waals surface area contributed by atoms with Crippen LogP contribution in [0.1, 0.15) is 22.3 Å². The van der Waals surface area contributed by atoms with Gasteiger partial charge in [0.1, 0.15) is 11.2 Å². The fourth-order valence-corrected chi connectivity index (χ4v) is 10.7. The SMILES string of the molecule is c1ccc2c(c1)-c1ccccc1C21c2ccccc2-c2cc3c(cc21)oc1c(-c2c4ccccc4c(-c4cccc5ccccc45)c4ccccc24)cccc13. The third kappa shape index (κ3) is 3.70. The van der Waals surface area contributed by atoms with Crippen LogP contribution in [0.25, 0.3) is 98.8 Å². The van der Waals surface area contributed by atoms with Crippen LogP contribution in [0.3, 0.4) is 0 Å². The molecule has 258 valence electrons. The van der Waals surface area contributed by atoms with Gasteiger partial charge in [0.15, 0.2) is 0 Å². The lowest BCUT2D eigenvalue weighted by Gasteiger charge is -2.30. The monoisotopic (exact) mass is 708 g/mol. The number of benzene rings is 10. The largest absolute Gasteiger partial charge is 0.455 e. The van der Waals surface area contributed by atoms with Crippen molar-refractivity contribution in [1.82, 2.24) is 0 Å². The summed E-state index contributed by atoms with van der Waals surface area (Å²) in [6.07, 6.45) is 0. The van der Waals surface area contributed by atoms with E-state index in [0.29, 0.717) is 0 Å². The van der Waals surface area contributed by atoms with Gasteiger partial charge >= 0.3 is 0 Å². The molecule has 1 aromatic heterocycles. The molecule has 11 aromatic rings. The molecule has 10 aromatic carbocycles. The summed E-state index contributed by atoms with van der Waals surface area (Å²) in [4.78, 5) is 0. The predicted octanol–water partition coefficient (Wildman–Crippen LogP) is 14.7. The van der Waals surface area contributed by atoms with Crippen LogP contribution >= 0.6 is 0 Å². The molecule has 0 aliphatic heterocycles. The number of rotatable bonds is 2. The molecular weight excluding hydrogens is 677 g/mol. The van der Waals surface area contributed by atoms with Crippen molar-refractivity contribution in [2.45, 2.75) is 5.41 Å². The summed E-state index contributed by atoms with van der Waals surface area (Å²) < 4.78 is 7.21. The zero-order valence-electron chi connectivity index (χ0n) is 30.4. The maximum Gasteiger partial charge on any atom is 0.143 e. The van der Waals surface area contributed by atoms with Crippen molar-refractivity contribution >= 4 is 54.3 Å². The summed E-state index contributed by atoms with van der Waals surface area (Å²) in [5, 5.41) is 9.70. The molecule has 0 atom stereocenters. The smallest absolute Gasteiger partial charge is 0.143 e. The Kier molecular flexibility index (Phi) is 5.89. The Labute approximate surface area is 323 Å². The molecule has 0 saturated carbocycles. The highest BCUT2D eigenvalue weighted by Crippen LogP contribution is 2.63. The second-order valence-electron chi connectivity index (χ2n) is 15.4. The van der Waals surface area contributed by atoms with Crippen LogP contribution in [0.5, 0.6) is 0 Å². The molecule has 2 aliphatic rings. The van der Waals surface area contributed by atoms with E-state index in [1.54, 1.807) is 0 Å². The van der Waals surface area contributed by atoms with E-state index >= 15 is 0 Å². The van der Waals surface area contributed by atoms with Crippen molar-refractivity contribution in [2.24, 2.45) is 0 Å². The third-order valence-electron chi connectivity index (χ3n) is 12.9. The Hall–Kier alpha value is -7.22. The molecular formula is C55H32O. The van der Waals surface area contributed by atoms with E-state index in [-0.39, 0.29) is 0 Å². The summed E-state index contributed by atoms with van der Waals surface area (Å²) in [7, 11) is 0. The van der Waals surface area contributed by atoms with Crippen LogP contribution in [0, 0.1) is 0 Å². The third-order valence-corrected chi connectivity index (χ3v) is 12.9. The van der Waals surface area contributed by atoms with Gasteiger partial charge in [0.2, 0.25) is 0 Å². The van der Waals surface area contributed by atoms with Crippen molar-refractivity contribution in [2.75, 3.05) is 0 Å². The minimum Gasteiger partial charge on any atom is -0.455 e. The Morgan fingerprint density at radius 2 is 0.714 bits per heavy atom. The van der Waals surface area contributed by atoms with Crippen LogP contribution in [0.4, 0.5) is 0 Å². The molecule has 1 heterocycles. The van der Waals surface area contributed by atoms with Crippen molar-refractivity contribution < 1.29 is 4.42 Å². The Bertz CT molecular complexity index is 3380. The molecule has 1 nitrogen and oxygen atoms in total. The molecule has 1 heteroatoms. The van der Waals surface area contributed by atoms with E-state index in [0.717, 1.165) is 27.5 Å². The molecule has 0 N–H and O–H groups in total. The van der Waals surface area contributed by atoms with Gasteiger partial charge in [-0.2, -0.15) is 0 Å². The molecule has 0 bridgehead atoms. The lowest BCUT2D eigenvalue weighted by Crippen LogP contribution is -2.25. The Morgan fingerprint density at radius 3 is 1.34 bits per heavy atom. The van der Waals surface area contributed by atoms with Crippen molar-refractivity contribution in [1.29, 1.82) is 0 Å². The molecule has 0 saturated heterocycles. The molecule has 2 aliphatic carbocycles. The average Bonchev–Trinajstić information content (AvgIpc) is 3.88. The summed E-state index contributed by atoms with van der Waals surface area (Å²) in [6.45, 7) is 0. The first-order valence-electron chi connectivity index (χ1n) is 19.5. The van der Waals surface area contributed by atoms with Crippen molar-refractivity contribution in [3.63, 3.8) is 0 Å². The number of furan rings is 1. The highest BCUT2D eigenvalue weighted by Gasteiger charge is 2.51. The van der Waals surface area contributed by atoms with Gasteiger partial charge in [-0.3, -0.25) is 0 Å². The lowest BCUT2D eigenvalue weighted by atomic mass is 9.70. The quantitative estimate of drug-likeness (QED) is 0.163. The number of fused-ring (bicyclic) bond motifs is 16. The van der Waals surface area contributed by atoms with Gasteiger partial charge in [0.05, 0.1) is 5.41 Å². The van der Waals surface area contributed by atoms with Crippen LogP contribution in [-0.4, -0.2) is 0 Å². The first-order valence-corrected chi connectivity index (χ1v) is 19.5. The second-order valence-corrected chi connectivity index (χ2v) is 15.4. The minimum atomic E-state index is -0.418. The molecule has 0 radical (unpaired) electrons. The predicted molar refractivity (Wildman–Crippen MR) is 233 cm³/mol. The minimum absolute atomic E-state index is 0.418. The zero-order chi connectivity index (χ0) is 36.5. The summed E-state index contributed by atoms with van der Waals surface area (Å²) in [6, 6.07) is 71.7. The van der Waals surface area contributed by atoms with Crippen molar-refractivity contribution in [3.8, 4) is 44.5 Å². The van der Waals surface area contributed by atoms with Gasteiger partial charge in [-0.25, -0.2) is 0 Å². The lowest BCUT2D eigenvalue weighted by molar-refractivity contribution is 0.667. The Balaban J connectivity index is 1.12. The summed E-state index contributed by atoms with van der Waals surface area (Å²) in [5.41, 5.74) is 16.8. The van der Waals surface area contributed by atoms with Crippen LogP contribution < -0.4 is 0 Å². The van der Waals surface area contributed by atoms with Gasteiger partial charge in [-0.05, 0) is 100 Å². The normalized spacial score (nSPS) is 13.5. The van der Waals surface area contributed by atoms with Gasteiger partial charge in [0, 0.05) is 21.9 Å². The standard InChI is InChI=1S/C55H32O/c1-2-17-34-33(15-1)16-13-25-38(34)52-39-21-3-5-23-41(39)53(42-24-6-4-22-40(42)52)44-27-14-26-43-46-31-45-37-20-9-12-30-49(37)55(50(45)32-51(46)56-54(43)44)47-28-10-7-18-35(47)36-19-8-11-29-48(36)55/h1-32H. The van der Waals surface area contributed by atoms with Crippen LogP contribution in [-0.2, 0) is 5.41 Å². The number of hydrogen-bond acceptors (Lipinski definition) is 1. The summed E-state index contributed by atoms with van der Waals surface area (Å²) >= 11 is 0. The summed E-state index contributed by atoms with van der Waals surface area (Å²) in [5.74, 6) is 0. The molecule has 0 amide bonds.